The molecule has 2 aliphatic rings. The second-order valence-electron chi connectivity index (χ2n) is 10.4. The predicted molar refractivity (Wildman–Crippen MR) is 146 cm³/mol. The van der Waals surface area contributed by atoms with Crippen LogP contribution in [0.2, 0.25) is 0 Å². The highest BCUT2D eigenvalue weighted by Gasteiger charge is 2.53. The fraction of sp³-hybridized carbons (Fsp3) is 0.464. The fourth-order valence-electron chi connectivity index (χ4n) is 6.98. The molecule has 6 rings (SSSR count). The Kier molecular flexibility index (Phi) is 7.29. The molecular formula is C28H34ClN7O. The Labute approximate surface area is 222 Å². The molecule has 0 spiro atoms. The first kappa shape index (κ1) is 25.4. The van der Waals surface area contributed by atoms with Gasteiger partial charge in [0.1, 0.15) is 11.4 Å². The van der Waals surface area contributed by atoms with Crippen LogP contribution in [0.3, 0.4) is 0 Å². The van der Waals surface area contributed by atoms with Gasteiger partial charge in [0.15, 0.2) is 5.82 Å². The molecule has 0 saturated heterocycles. The largest absolute Gasteiger partial charge is 0.368 e. The van der Waals surface area contributed by atoms with E-state index < -0.39 is 5.54 Å². The number of carbonyl (C=O) groups is 1. The van der Waals surface area contributed by atoms with E-state index in [1.165, 1.54) is 12.8 Å². The quantitative estimate of drug-likeness (QED) is 0.341. The van der Waals surface area contributed by atoms with E-state index in [1.54, 1.807) is 0 Å². The van der Waals surface area contributed by atoms with Crippen LogP contribution in [0.15, 0.2) is 48.5 Å². The molecule has 1 amide bonds. The highest BCUT2D eigenvalue weighted by molar-refractivity contribution is 5.90. The summed E-state index contributed by atoms with van der Waals surface area (Å²) >= 11 is 0. The van der Waals surface area contributed by atoms with Crippen molar-refractivity contribution in [2.45, 2.75) is 69.7 Å². The van der Waals surface area contributed by atoms with Crippen LogP contribution in [0.1, 0.15) is 64.2 Å². The van der Waals surface area contributed by atoms with Gasteiger partial charge >= 0.3 is 0 Å². The van der Waals surface area contributed by atoms with Gasteiger partial charge in [0.25, 0.3) is 0 Å². The molecule has 0 radical (unpaired) electrons. The molecule has 2 aromatic heterocycles. The van der Waals surface area contributed by atoms with Crippen LogP contribution in [0.25, 0.3) is 33.8 Å². The van der Waals surface area contributed by atoms with Gasteiger partial charge in [0.2, 0.25) is 5.91 Å². The summed E-state index contributed by atoms with van der Waals surface area (Å²) in [5.41, 5.74) is 9.41. The number of tetrazole rings is 1. The smallest absolute Gasteiger partial charge is 0.244 e. The Morgan fingerprint density at radius 2 is 1.54 bits per heavy atom. The maximum atomic E-state index is 13.9. The van der Waals surface area contributed by atoms with E-state index in [1.807, 2.05) is 36.4 Å². The van der Waals surface area contributed by atoms with Crippen LogP contribution in [-0.2, 0) is 10.3 Å². The van der Waals surface area contributed by atoms with Crippen molar-refractivity contribution in [1.82, 2.24) is 30.2 Å². The Hall–Kier alpha value is -3.26. The summed E-state index contributed by atoms with van der Waals surface area (Å²) in [6.07, 6.45) is 11.1. The minimum Gasteiger partial charge on any atom is -0.368 e. The number of nitrogens with one attached hydrogen (secondary N) is 1. The number of rotatable bonds is 6. The molecule has 3 N–H and O–H groups in total. The van der Waals surface area contributed by atoms with Gasteiger partial charge in [0.05, 0.1) is 11.0 Å². The van der Waals surface area contributed by atoms with Crippen LogP contribution in [-0.4, -0.2) is 36.1 Å². The molecule has 8 nitrogen and oxygen atoms in total. The number of benzene rings is 2. The van der Waals surface area contributed by atoms with Crippen molar-refractivity contribution < 1.29 is 4.79 Å². The van der Waals surface area contributed by atoms with Crippen LogP contribution >= 0.6 is 12.4 Å². The molecule has 2 aromatic carbocycles. The summed E-state index contributed by atoms with van der Waals surface area (Å²) in [6, 6.07) is 16.2. The van der Waals surface area contributed by atoms with E-state index in [4.69, 9.17) is 10.7 Å². The van der Waals surface area contributed by atoms with Gasteiger partial charge in [-0.05, 0) is 66.1 Å². The highest BCUT2D eigenvalue weighted by atomic mass is 35.5. The van der Waals surface area contributed by atoms with Gasteiger partial charge in [-0.3, -0.25) is 4.79 Å². The van der Waals surface area contributed by atoms with Crippen LogP contribution in [0.4, 0.5) is 0 Å². The number of aromatic amines is 1. The van der Waals surface area contributed by atoms with Gasteiger partial charge in [-0.2, -0.15) is 0 Å². The number of imidazole rings is 1. The summed E-state index contributed by atoms with van der Waals surface area (Å²) in [7, 11) is 0. The number of halogens is 1. The van der Waals surface area contributed by atoms with Crippen LogP contribution in [0.5, 0.6) is 0 Å². The first-order valence-electron chi connectivity index (χ1n) is 13.3. The van der Waals surface area contributed by atoms with Crippen LogP contribution < -0.4 is 5.73 Å². The normalized spacial score (nSPS) is 17.5. The number of carbonyl (C=O) groups excluding carboxylic acids is 1. The third kappa shape index (κ3) is 4.31. The number of aromatic nitrogens is 6. The van der Waals surface area contributed by atoms with E-state index in [0.29, 0.717) is 5.82 Å². The predicted octanol–water partition coefficient (Wildman–Crippen LogP) is 5.65. The molecule has 194 valence electrons. The van der Waals surface area contributed by atoms with Crippen molar-refractivity contribution in [3.8, 4) is 22.8 Å². The Bertz CT molecular complexity index is 1340. The molecule has 2 fully saturated rings. The third-order valence-corrected chi connectivity index (χ3v) is 8.52. The van der Waals surface area contributed by atoms with Crippen molar-refractivity contribution in [1.29, 1.82) is 0 Å². The van der Waals surface area contributed by atoms with Crippen LogP contribution in [0, 0.1) is 11.8 Å². The third-order valence-electron chi connectivity index (χ3n) is 8.52. The van der Waals surface area contributed by atoms with E-state index in [-0.39, 0.29) is 30.2 Å². The van der Waals surface area contributed by atoms with Gasteiger partial charge < -0.3 is 10.3 Å². The zero-order valence-electron chi connectivity index (χ0n) is 21.0. The number of amides is 1. The van der Waals surface area contributed by atoms with E-state index >= 15 is 0 Å². The van der Waals surface area contributed by atoms with Crippen molar-refractivity contribution >= 4 is 29.3 Å². The number of para-hydroxylation sites is 2. The highest BCUT2D eigenvalue weighted by Crippen LogP contribution is 2.50. The molecule has 2 aliphatic carbocycles. The number of nitrogens with zero attached hydrogens (tertiary/aromatic N) is 5. The minimum absolute atomic E-state index is 0. The fourth-order valence-corrected chi connectivity index (χ4v) is 6.98. The zero-order chi connectivity index (χ0) is 24.5. The summed E-state index contributed by atoms with van der Waals surface area (Å²) in [6.45, 7) is 0. The summed E-state index contributed by atoms with van der Waals surface area (Å²) < 4.78 is 2.26. The van der Waals surface area contributed by atoms with E-state index in [0.717, 1.165) is 79.4 Å². The van der Waals surface area contributed by atoms with E-state index in [2.05, 4.69) is 37.3 Å². The minimum atomic E-state index is -0.809. The average Bonchev–Trinajstić information content (AvgIpc) is 3.60. The van der Waals surface area contributed by atoms with Gasteiger partial charge in [-0.1, -0.05) is 68.9 Å². The van der Waals surface area contributed by atoms with Crippen molar-refractivity contribution in [2.24, 2.45) is 17.6 Å². The summed E-state index contributed by atoms with van der Waals surface area (Å²) in [5.74, 6) is 1.58. The maximum Gasteiger partial charge on any atom is 0.244 e. The second-order valence-corrected chi connectivity index (χ2v) is 10.4. The lowest BCUT2D eigenvalue weighted by Gasteiger charge is -2.48. The molecule has 2 saturated carbocycles. The Morgan fingerprint density at radius 3 is 2.16 bits per heavy atom. The average molecular weight is 520 g/mol. The first-order valence-corrected chi connectivity index (χ1v) is 13.3. The number of primary amides is 1. The molecular weight excluding hydrogens is 486 g/mol. The lowest BCUT2D eigenvalue weighted by Crippen LogP contribution is -2.58. The lowest BCUT2D eigenvalue weighted by atomic mass is 9.63. The number of nitrogens with two attached hydrogens (primary N) is 1. The number of H-pyrrole nitrogens is 1. The molecule has 4 aromatic rings. The maximum absolute atomic E-state index is 13.9. The van der Waals surface area contributed by atoms with Crippen molar-refractivity contribution in [2.75, 3.05) is 0 Å². The summed E-state index contributed by atoms with van der Waals surface area (Å²) in [4.78, 5) is 19.1. The second kappa shape index (κ2) is 10.6. The van der Waals surface area contributed by atoms with E-state index in [9.17, 15) is 4.79 Å². The number of fused-ring (bicyclic) bond motifs is 1. The summed E-state index contributed by atoms with van der Waals surface area (Å²) in [5, 5.41) is 14.4. The molecule has 0 bridgehead atoms. The number of hydrogen-bond acceptors (Lipinski definition) is 5. The molecule has 0 unspecified atom stereocenters. The van der Waals surface area contributed by atoms with Gasteiger partial charge in [-0.15, -0.1) is 17.5 Å². The molecule has 37 heavy (non-hydrogen) atoms. The molecule has 0 aliphatic heterocycles. The number of hydrogen-bond donors (Lipinski definition) is 2. The zero-order valence-corrected chi connectivity index (χ0v) is 21.8. The van der Waals surface area contributed by atoms with Crippen molar-refractivity contribution in [3.63, 3.8) is 0 Å². The lowest BCUT2D eigenvalue weighted by molar-refractivity contribution is -0.135. The Morgan fingerprint density at radius 1 is 0.892 bits per heavy atom. The molecule has 2 heterocycles. The first-order chi connectivity index (χ1) is 17.7. The standard InChI is InChI=1S/C28H33N7O.ClH/c29-27(36)28(21-12-3-1-4-13-21,22-14-5-2-6-15-22)35-24-17-8-7-16-23(24)30-26(35)20-11-9-10-19(18-20)25-31-33-34-32-25;/h7-11,16-18,21-22H,1-6,12-15H2,(H2,29,36)(H,31,32,33,34);1H. The monoisotopic (exact) mass is 519 g/mol. The van der Waals surface area contributed by atoms with Gasteiger partial charge in [-0.25, -0.2) is 10.1 Å². The topological polar surface area (TPSA) is 115 Å². The molecule has 9 heteroatoms. The molecule has 0 atom stereocenters. The van der Waals surface area contributed by atoms with Gasteiger partial charge in [0, 0.05) is 11.1 Å². The van der Waals surface area contributed by atoms with Crippen molar-refractivity contribution in [3.05, 3.63) is 48.5 Å². The Balaban J connectivity index is 0.00000280. The SMILES string of the molecule is Cl.NC(=O)C(C1CCCCC1)(C1CCCCC1)n1c(-c2cccc(-c3nnn[nH]3)c2)nc2ccccc21.